The summed E-state index contributed by atoms with van der Waals surface area (Å²) in [7, 11) is 0. The first-order valence-corrected chi connectivity index (χ1v) is 18.4. The SMILES string of the molecule is [2H]c1c([2H])c([2H])c(-c2ccc(N(c3ccc(-c4ccccc4)cc3)c3ccc4c(c3)C3(c5ccccc5-c5ccccc53)c3ccc5ccccc5c3-4)cc2)c([2H])c1[2H]. The summed E-state index contributed by atoms with van der Waals surface area (Å²) in [4.78, 5) is 2.25. The van der Waals surface area contributed by atoms with E-state index in [0.717, 1.165) is 28.2 Å². The molecule has 2 aliphatic carbocycles. The molecule has 2 aliphatic rings. The summed E-state index contributed by atoms with van der Waals surface area (Å²) >= 11 is 0. The summed E-state index contributed by atoms with van der Waals surface area (Å²) in [5, 5.41) is 2.44. The van der Waals surface area contributed by atoms with E-state index in [9.17, 15) is 0 Å². The van der Waals surface area contributed by atoms with E-state index in [-0.39, 0.29) is 29.7 Å². The molecule has 54 heavy (non-hydrogen) atoms. The Morgan fingerprint density at radius 2 is 0.926 bits per heavy atom. The third-order valence-corrected chi connectivity index (χ3v) is 11.4. The van der Waals surface area contributed by atoms with Gasteiger partial charge in [-0.15, -0.1) is 0 Å². The average molecular weight is 691 g/mol. The molecule has 0 aliphatic heterocycles. The van der Waals surface area contributed by atoms with E-state index < -0.39 is 11.5 Å². The summed E-state index contributed by atoms with van der Waals surface area (Å²) in [6.45, 7) is 0. The van der Waals surface area contributed by atoms with Crippen molar-refractivity contribution < 1.29 is 6.85 Å². The Morgan fingerprint density at radius 1 is 0.370 bits per heavy atom. The maximum Gasteiger partial charge on any atom is 0.0726 e. The lowest BCUT2D eigenvalue weighted by molar-refractivity contribution is 0.794. The minimum absolute atomic E-state index is 0.185. The Kier molecular flexibility index (Phi) is 5.78. The summed E-state index contributed by atoms with van der Waals surface area (Å²) in [6.07, 6.45) is 0. The van der Waals surface area contributed by atoms with Crippen molar-refractivity contribution in [2.75, 3.05) is 4.90 Å². The van der Waals surface area contributed by atoms with Crippen LogP contribution in [0.15, 0.2) is 212 Å². The molecule has 0 saturated carbocycles. The van der Waals surface area contributed by atoms with Gasteiger partial charge >= 0.3 is 0 Å². The minimum Gasteiger partial charge on any atom is -0.310 e. The molecule has 0 radical (unpaired) electrons. The van der Waals surface area contributed by atoms with Crippen molar-refractivity contribution in [1.29, 1.82) is 0 Å². The van der Waals surface area contributed by atoms with E-state index in [0.29, 0.717) is 5.56 Å². The number of benzene rings is 9. The molecule has 0 bridgehead atoms. The Balaban J connectivity index is 1.15. The van der Waals surface area contributed by atoms with E-state index in [2.05, 4.69) is 144 Å². The lowest BCUT2D eigenvalue weighted by Crippen LogP contribution is -2.26. The van der Waals surface area contributed by atoms with Gasteiger partial charge < -0.3 is 4.90 Å². The van der Waals surface area contributed by atoms with Crippen LogP contribution in [0.5, 0.6) is 0 Å². The molecule has 9 aromatic carbocycles. The summed E-state index contributed by atoms with van der Waals surface area (Å²) < 4.78 is 42.0. The number of hydrogen-bond donors (Lipinski definition) is 0. The Hall–Kier alpha value is -6.96. The van der Waals surface area contributed by atoms with Crippen molar-refractivity contribution >= 4 is 27.8 Å². The zero-order valence-corrected chi connectivity index (χ0v) is 29.3. The quantitative estimate of drug-likeness (QED) is 0.174. The van der Waals surface area contributed by atoms with Gasteiger partial charge in [-0.05, 0) is 114 Å². The van der Waals surface area contributed by atoms with E-state index in [4.69, 9.17) is 6.85 Å². The lowest BCUT2D eigenvalue weighted by Gasteiger charge is -2.32. The van der Waals surface area contributed by atoms with Gasteiger partial charge in [-0.3, -0.25) is 0 Å². The van der Waals surface area contributed by atoms with Gasteiger partial charge in [0.05, 0.1) is 12.3 Å². The zero-order chi connectivity index (χ0) is 40.0. The van der Waals surface area contributed by atoms with Gasteiger partial charge in [0.2, 0.25) is 0 Å². The van der Waals surface area contributed by atoms with Crippen LogP contribution >= 0.6 is 0 Å². The minimum atomic E-state index is -0.550. The molecule has 0 heterocycles. The van der Waals surface area contributed by atoms with Gasteiger partial charge in [0, 0.05) is 17.1 Å². The van der Waals surface area contributed by atoms with Crippen LogP contribution in [0.4, 0.5) is 17.1 Å². The molecule has 252 valence electrons. The van der Waals surface area contributed by atoms with E-state index in [1.165, 1.54) is 55.3 Å². The van der Waals surface area contributed by atoms with Crippen LogP contribution in [0.25, 0.3) is 55.3 Å². The Bertz CT molecular complexity index is 3080. The highest BCUT2D eigenvalue weighted by atomic mass is 15.1. The Morgan fingerprint density at radius 3 is 1.61 bits per heavy atom. The van der Waals surface area contributed by atoms with Gasteiger partial charge in [-0.25, -0.2) is 0 Å². The number of nitrogens with zero attached hydrogens (tertiary/aromatic N) is 1. The fourth-order valence-corrected chi connectivity index (χ4v) is 9.09. The van der Waals surface area contributed by atoms with E-state index in [1.807, 2.05) is 42.5 Å². The van der Waals surface area contributed by atoms with E-state index in [1.54, 1.807) is 0 Å². The van der Waals surface area contributed by atoms with Crippen molar-refractivity contribution in [1.82, 2.24) is 0 Å². The molecule has 0 N–H and O–H groups in total. The third-order valence-electron chi connectivity index (χ3n) is 11.4. The van der Waals surface area contributed by atoms with Crippen LogP contribution in [0.3, 0.4) is 0 Å². The van der Waals surface area contributed by atoms with Crippen LogP contribution in [0.2, 0.25) is 0 Å². The van der Waals surface area contributed by atoms with Crippen LogP contribution in [0, 0.1) is 0 Å². The van der Waals surface area contributed by atoms with Crippen LogP contribution in [-0.2, 0) is 5.41 Å². The number of hydrogen-bond acceptors (Lipinski definition) is 1. The number of fused-ring (bicyclic) bond motifs is 12. The van der Waals surface area contributed by atoms with E-state index >= 15 is 0 Å². The predicted octanol–water partition coefficient (Wildman–Crippen LogP) is 14.0. The molecule has 1 heteroatoms. The lowest BCUT2D eigenvalue weighted by atomic mass is 9.70. The molecule has 0 saturated heterocycles. The number of anilines is 3. The summed E-state index contributed by atoms with van der Waals surface area (Å²) in [5.74, 6) is 0. The van der Waals surface area contributed by atoms with Crippen LogP contribution in [-0.4, -0.2) is 0 Å². The summed E-state index contributed by atoms with van der Waals surface area (Å²) in [5.41, 5.74) is 15.3. The van der Waals surface area contributed by atoms with Crippen molar-refractivity contribution in [3.63, 3.8) is 0 Å². The fraction of sp³-hybridized carbons (Fsp3) is 0.0189. The first kappa shape index (κ1) is 25.9. The molecule has 11 rings (SSSR count). The second-order valence-corrected chi connectivity index (χ2v) is 14.1. The highest BCUT2D eigenvalue weighted by Gasteiger charge is 2.52. The molecular weight excluding hydrogens is 651 g/mol. The maximum absolute atomic E-state index is 8.65. The highest BCUT2D eigenvalue weighted by molar-refractivity contribution is 6.06. The zero-order valence-electron chi connectivity index (χ0n) is 34.3. The molecule has 0 atom stereocenters. The molecule has 0 aromatic heterocycles. The molecule has 1 nitrogen and oxygen atoms in total. The average Bonchev–Trinajstić information content (AvgIpc) is 3.76. The van der Waals surface area contributed by atoms with Gasteiger partial charge in [-0.2, -0.15) is 0 Å². The third kappa shape index (κ3) is 4.45. The first-order chi connectivity index (χ1) is 28.9. The first-order valence-electron chi connectivity index (χ1n) is 20.9. The molecule has 9 aromatic rings. The van der Waals surface area contributed by atoms with Crippen molar-refractivity contribution in [2.24, 2.45) is 0 Å². The van der Waals surface area contributed by atoms with Crippen molar-refractivity contribution in [3.8, 4) is 44.5 Å². The van der Waals surface area contributed by atoms with Gasteiger partial charge in [0.1, 0.15) is 0 Å². The normalized spacial score (nSPS) is 14.3. The number of rotatable bonds is 5. The van der Waals surface area contributed by atoms with Gasteiger partial charge in [0.25, 0.3) is 0 Å². The second-order valence-electron chi connectivity index (χ2n) is 14.1. The van der Waals surface area contributed by atoms with Crippen molar-refractivity contribution in [2.45, 2.75) is 5.41 Å². The van der Waals surface area contributed by atoms with Crippen LogP contribution in [0.1, 0.15) is 29.1 Å². The topological polar surface area (TPSA) is 3.24 Å². The standard InChI is InChI=1S/C53H35N/c1-3-13-36(14-4-1)38-23-28-41(29-24-38)54(42-30-25-39(26-31-42)37-15-5-2-6-16-37)43-32-33-47-51(35-43)53(50-34-27-40-17-7-8-18-44(40)52(47)50)48-21-11-9-19-45(48)46-20-10-12-22-49(46)53/h1-35H/i1D,3D,4D,13D,14D. The molecule has 0 fully saturated rings. The molecule has 0 unspecified atom stereocenters. The molecule has 1 spiro atoms. The van der Waals surface area contributed by atoms with Gasteiger partial charge in [0.15, 0.2) is 0 Å². The van der Waals surface area contributed by atoms with Crippen molar-refractivity contribution in [3.05, 3.63) is 234 Å². The Labute approximate surface area is 323 Å². The predicted molar refractivity (Wildman–Crippen MR) is 226 cm³/mol. The fourth-order valence-electron chi connectivity index (χ4n) is 9.09. The largest absolute Gasteiger partial charge is 0.310 e. The molecule has 0 amide bonds. The smallest absolute Gasteiger partial charge is 0.0726 e. The second kappa shape index (κ2) is 12.0. The van der Waals surface area contributed by atoms with Crippen LogP contribution < -0.4 is 4.90 Å². The monoisotopic (exact) mass is 690 g/mol. The molecular formula is C53H35N. The van der Waals surface area contributed by atoms with Gasteiger partial charge in [-0.1, -0.05) is 176 Å². The summed E-state index contributed by atoms with van der Waals surface area (Å²) in [6, 6.07) is 63.0. The maximum atomic E-state index is 8.65. The highest BCUT2D eigenvalue weighted by Crippen LogP contribution is 2.64.